The summed E-state index contributed by atoms with van der Waals surface area (Å²) in [6.45, 7) is 0.865. The summed E-state index contributed by atoms with van der Waals surface area (Å²) in [5.74, 6) is -0.828. The molecule has 1 amide bonds. The molecule has 1 fully saturated rings. The predicted molar refractivity (Wildman–Crippen MR) is 118 cm³/mol. The molecule has 0 spiro atoms. The van der Waals surface area contributed by atoms with Crippen LogP contribution < -0.4 is 0 Å². The van der Waals surface area contributed by atoms with E-state index in [9.17, 15) is 17.6 Å². The van der Waals surface area contributed by atoms with Crippen molar-refractivity contribution < 1.29 is 17.6 Å². The van der Waals surface area contributed by atoms with E-state index in [1.165, 1.54) is 50.5 Å². The number of carbonyl (C=O) groups excluding carboxylic acids is 1. The summed E-state index contributed by atoms with van der Waals surface area (Å²) >= 11 is 1.51. The van der Waals surface area contributed by atoms with Crippen molar-refractivity contribution in [1.82, 2.24) is 9.21 Å². The Morgan fingerprint density at radius 3 is 2.35 bits per heavy atom. The van der Waals surface area contributed by atoms with Crippen molar-refractivity contribution in [2.75, 3.05) is 26.2 Å². The summed E-state index contributed by atoms with van der Waals surface area (Å²) in [5, 5.41) is 0. The molecular weight excluding hydrogens is 435 g/mol. The lowest BCUT2D eigenvalue weighted by atomic mass is 9.91. The average Bonchev–Trinajstić information content (AvgIpc) is 3.24. The molecule has 5 rings (SSSR count). The molecular formula is C23H21FN2O3S2. The monoisotopic (exact) mass is 456 g/mol. The van der Waals surface area contributed by atoms with Crippen LogP contribution in [0.15, 0.2) is 59.5 Å². The number of aryl methyl sites for hydroxylation is 2. The Morgan fingerprint density at radius 1 is 0.903 bits per heavy atom. The highest BCUT2D eigenvalue weighted by molar-refractivity contribution is 7.89. The maximum atomic E-state index is 14.0. The summed E-state index contributed by atoms with van der Waals surface area (Å²) in [7, 11) is -3.92. The highest BCUT2D eigenvalue weighted by Gasteiger charge is 2.33. The van der Waals surface area contributed by atoms with Gasteiger partial charge in [-0.3, -0.25) is 4.79 Å². The van der Waals surface area contributed by atoms with Crippen LogP contribution in [0.25, 0.3) is 10.4 Å². The van der Waals surface area contributed by atoms with Gasteiger partial charge in [0.1, 0.15) is 10.7 Å². The molecule has 0 saturated carbocycles. The highest BCUT2D eigenvalue weighted by atomic mass is 32.2. The molecule has 1 saturated heterocycles. The lowest BCUT2D eigenvalue weighted by Crippen LogP contribution is -2.50. The highest BCUT2D eigenvalue weighted by Crippen LogP contribution is 2.40. The van der Waals surface area contributed by atoms with Crippen molar-refractivity contribution in [3.8, 4) is 10.4 Å². The molecule has 5 nitrogen and oxygen atoms in total. The molecule has 3 aromatic rings. The van der Waals surface area contributed by atoms with Gasteiger partial charge >= 0.3 is 0 Å². The first-order valence-corrected chi connectivity index (χ1v) is 12.5. The molecule has 0 radical (unpaired) electrons. The molecule has 8 heteroatoms. The third-order valence-electron chi connectivity index (χ3n) is 5.93. The van der Waals surface area contributed by atoms with Crippen LogP contribution in [0.3, 0.4) is 0 Å². The zero-order chi connectivity index (χ0) is 21.6. The number of nitrogens with zero attached hydrogens (tertiary/aromatic N) is 2. The van der Waals surface area contributed by atoms with E-state index < -0.39 is 15.8 Å². The number of hydrogen-bond acceptors (Lipinski definition) is 4. The van der Waals surface area contributed by atoms with Crippen molar-refractivity contribution in [1.29, 1.82) is 0 Å². The number of thiophene rings is 1. The van der Waals surface area contributed by atoms with E-state index in [1.54, 1.807) is 4.90 Å². The second-order valence-corrected chi connectivity index (χ2v) is 10.7. The first kappa shape index (κ1) is 20.4. The van der Waals surface area contributed by atoms with Crippen LogP contribution in [0.4, 0.5) is 4.39 Å². The van der Waals surface area contributed by atoms with Crippen molar-refractivity contribution in [2.24, 2.45) is 0 Å². The predicted octanol–water partition coefficient (Wildman–Crippen LogP) is 3.80. The van der Waals surface area contributed by atoms with Gasteiger partial charge in [-0.1, -0.05) is 36.4 Å². The van der Waals surface area contributed by atoms with E-state index >= 15 is 0 Å². The summed E-state index contributed by atoms with van der Waals surface area (Å²) < 4.78 is 40.8. The third kappa shape index (κ3) is 3.58. The van der Waals surface area contributed by atoms with Crippen LogP contribution in [0.5, 0.6) is 0 Å². The van der Waals surface area contributed by atoms with E-state index in [1.807, 2.05) is 18.2 Å². The molecule has 160 valence electrons. The van der Waals surface area contributed by atoms with E-state index in [0.717, 1.165) is 23.8 Å². The minimum absolute atomic E-state index is 0.0696. The summed E-state index contributed by atoms with van der Waals surface area (Å²) in [6, 6.07) is 15.7. The number of sulfonamides is 1. The number of carbonyl (C=O) groups is 1. The van der Waals surface area contributed by atoms with Crippen molar-refractivity contribution in [3.05, 3.63) is 76.4 Å². The van der Waals surface area contributed by atoms with Gasteiger partial charge in [-0.2, -0.15) is 4.31 Å². The lowest BCUT2D eigenvalue weighted by Gasteiger charge is -2.33. The zero-order valence-corrected chi connectivity index (χ0v) is 18.4. The molecule has 1 aliphatic heterocycles. The maximum absolute atomic E-state index is 14.0. The molecule has 1 aromatic heterocycles. The fraction of sp³-hybridized carbons (Fsp3) is 0.261. The second-order valence-electron chi connectivity index (χ2n) is 7.75. The Bertz CT molecular complexity index is 1260. The fourth-order valence-electron chi connectivity index (χ4n) is 4.26. The van der Waals surface area contributed by atoms with Gasteiger partial charge in [0.2, 0.25) is 10.0 Å². The van der Waals surface area contributed by atoms with Crippen LogP contribution in [-0.4, -0.2) is 49.7 Å². The Labute approximate surface area is 184 Å². The Hall–Kier alpha value is -2.55. The Balaban J connectivity index is 1.32. The van der Waals surface area contributed by atoms with E-state index in [-0.39, 0.29) is 37.0 Å². The molecule has 0 N–H and O–H groups in total. The van der Waals surface area contributed by atoms with Gasteiger partial charge in [0.15, 0.2) is 0 Å². The lowest BCUT2D eigenvalue weighted by molar-refractivity contribution is 0.0702. The molecule has 0 unspecified atom stereocenters. The van der Waals surface area contributed by atoms with Gasteiger partial charge in [-0.15, -0.1) is 11.3 Å². The number of hydrogen-bond donors (Lipinski definition) is 0. The minimum Gasteiger partial charge on any atom is -0.335 e. The maximum Gasteiger partial charge on any atom is 0.264 e. The van der Waals surface area contributed by atoms with Crippen LogP contribution in [0.2, 0.25) is 0 Å². The van der Waals surface area contributed by atoms with Crippen LogP contribution in [-0.2, 0) is 22.9 Å². The van der Waals surface area contributed by atoms with E-state index in [4.69, 9.17) is 0 Å². The quantitative estimate of drug-likeness (QED) is 0.602. The van der Waals surface area contributed by atoms with Gasteiger partial charge in [0.25, 0.3) is 5.91 Å². The number of benzene rings is 2. The number of piperazine rings is 1. The number of fused-ring (bicyclic) bond motifs is 3. The molecule has 1 aliphatic carbocycles. The molecule has 0 bridgehead atoms. The molecule has 31 heavy (non-hydrogen) atoms. The van der Waals surface area contributed by atoms with Crippen molar-refractivity contribution in [2.45, 2.75) is 17.7 Å². The minimum atomic E-state index is -3.92. The van der Waals surface area contributed by atoms with Gasteiger partial charge in [-0.05, 0) is 47.7 Å². The summed E-state index contributed by atoms with van der Waals surface area (Å²) in [5.41, 5.74) is 3.71. The SMILES string of the molecule is O=C(c1cc2c(s1)-c1ccccc1CC2)N1CCN(S(=O)(=O)c2ccccc2F)CC1. The van der Waals surface area contributed by atoms with Crippen LogP contribution in [0.1, 0.15) is 20.8 Å². The van der Waals surface area contributed by atoms with Gasteiger partial charge in [0.05, 0.1) is 4.88 Å². The van der Waals surface area contributed by atoms with Crippen LogP contribution >= 0.6 is 11.3 Å². The number of halogens is 1. The normalized spacial score (nSPS) is 16.6. The van der Waals surface area contributed by atoms with Crippen molar-refractivity contribution in [3.63, 3.8) is 0 Å². The first-order valence-electron chi connectivity index (χ1n) is 10.2. The van der Waals surface area contributed by atoms with E-state index in [0.29, 0.717) is 4.88 Å². The number of rotatable bonds is 3. The molecule has 0 atom stereocenters. The Morgan fingerprint density at radius 2 is 1.58 bits per heavy atom. The van der Waals surface area contributed by atoms with Crippen LogP contribution in [0, 0.1) is 5.82 Å². The second kappa shape index (κ2) is 7.85. The standard InChI is InChI=1S/C23H21FN2O3S2/c24-19-7-3-4-8-21(19)31(28,29)26-13-11-25(12-14-26)23(27)20-15-17-10-9-16-5-1-2-6-18(16)22(17)30-20/h1-8,15H,9-14H2. The average molecular weight is 457 g/mol. The van der Waals surface area contributed by atoms with E-state index in [2.05, 4.69) is 12.1 Å². The summed E-state index contributed by atoms with van der Waals surface area (Å²) in [6.07, 6.45) is 1.89. The zero-order valence-electron chi connectivity index (χ0n) is 16.8. The molecule has 2 aliphatic rings. The first-order chi connectivity index (χ1) is 14.9. The fourth-order valence-corrected chi connectivity index (χ4v) is 6.98. The Kier molecular flexibility index (Phi) is 5.16. The van der Waals surface area contributed by atoms with Crippen molar-refractivity contribution >= 4 is 27.3 Å². The largest absolute Gasteiger partial charge is 0.335 e. The van der Waals surface area contributed by atoms with Gasteiger partial charge in [-0.25, -0.2) is 12.8 Å². The number of amides is 1. The van der Waals surface area contributed by atoms with Gasteiger partial charge in [0, 0.05) is 31.1 Å². The van der Waals surface area contributed by atoms with Gasteiger partial charge < -0.3 is 4.90 Å². The third-order valence-corrected chi connectivity index (χ3v) is 9.06. The smallest absolute Gasteiger partial charge is 0.264 e. The molecule has 2 aromatic carbocycles. The topological polar surface area (TPSA) is 57.7 Å². The molecule has 2 heterocycles. The summed E-state index contributed by atoms with van der Waals surface area (Å²) in [4.78, 5) is 16.3.